The number of aliphatic hydroxyl groups is 1. The smallest absolute Gasteiger partial charge is 0.200 e. The minimum Gasteiger partial charge on any atom is -0.502 e. The van der Waals surface area contributed by atoms with Crippen molar-refractivity contribution in [1.29, 1.82) is 0 Å². The van der Waals surface area contributed by atoms with Crippen molar-refractivity contribution in [3.63, 3.8) is 0 Å². The number of nitrogens with zero attached hydrogens (tertiary/aromatic N) is 1. The lowest BCUT2D eigenvalue weighted by atomic mass is 9.76. The van der Waals surface area contributed by atoms with Gasteiger partial charge in [0.05, 0.1) is 14.2 Å². The zero-order valence-electron chi connectivity index (χ0n) is 17.6. The van der Waals surface area contributed by atoms with Crippen molar-refractivity contribution in [2.24, 2.45) is 5.41 Å². The van der Waals surface area contributed by atoms with E-state index in [0.717, 1.165) is 57.3 Å². The van der Waals surface area contributed by atoms with Gasteiger partial charge < -0.3 is 19.7 Å². The number of aryl methyl sites for hydroxylation is 1. The molecular formula is C24H33NO4. The number of rotatable bonds is 9. The molecule has 5 nitrogen and oxygen atoms in total. The van der Waals surface area contributed by atoms with Crippen LogP contribution in [0.15, 0.2) is 42.5 Å². The topological polar surface area (TPSA) is 62.2 Å². The summed E-state index contributed by atoms with van der Waals surface area (Å²) in [7, 11) is 3.09. The molecule has 0 aromatic heterocycles. The van der Waals surface area contributed by atoms with Gasteiger partial charge in [-0.3, -0.25) is 4.90 Å². The molecule has 0 amide bonds. The monoisotopic (exact) mass is 399 g/mol. The Labute approximate surface area is 173 Å². The van der Waals surface area contributed by atoms with Crippen LogP contribution in [0.1, 0.15) is 36.8 Å². The number of benzene rings is 2. The maximum Gasteiger partial charge on any atom is 0.200 e. The van der Waals surface area contributed by atoms with Gasteiger partial charge in [0.1, 0.15) is 0 Å². The molecule has 2 aromatic carbocycles. The van der Waals surface area contributed by atoms with Gasteiger partial charge in [-0.15, -0.1) is 0 Å². The molecule has 1 unspecified atom stereocenters. The maximum atomic E-state index is 10.2. The summed E-state index contributed by atoms with van der Waals surface area (Å²) in [5, 5.41) is 20.4. The molecule has 1 aliphatic heterocycles. The number of likely N-dealkylation sites (tertiary alicyclic amines) is 1. The number of ether oxygens (including phenoxy) is 2. The van der Waals surface area contributed by atoms with E-state index in [1.165, 1.54) is 5.56 Å². The molecule has 0 spiro atoms. The van der Waals surface area contributed by atoms with Crippen LogP contribution in [-0.4, -0.2) is 49.0 Å². The molecule has 0 saturated carbocycles. The van der Waals surface area contributed by atoms with Crippen LogP contribution in [0.25, 0.3) is 0 Å². The number of hydrogen-bond donors (Lipinski definition) is 2. The highest BCUT2D eigenvalue weighted by molar-refractivity contribution is 5.52. The predicted molar refractivity (Wildman–Crippen MR) is 115 cm³/mol. The second kappa shape index (κ2) is 9.99. The number of hydrogen-bond acceptors (Lipinski definition) is 5. The van der Waals surface area contributed by atoms with Crippen LogP contribution in [0.3, 0.4) is 0 Å². The minimum atomic E-state index is -0.0435. The quantitative estimate of drug-likeness (QED) is 0.667. The van der Waals surface area contributed by atoms with Gasteiger partial charge in [-0.2, -0.15) is 0 Å². The van der Waals surface area contributed by atoms with E-state index in [1.807, 2.05) is 18.2 Å². The molecule has 29 heavy (non-hydrogen) atoms. The summed E-state index contributed by atoms with van der Waals surface area (Å²) in [5.74, 6) is 0.878. The molecule has 1 saturated heterocycles. The van der Waals surface area contributed by atoms with Crippen LogP contribution in [0.4, 0.5) is 0 Å². The highest BCUT2D eigenvalue weighted by atomic mass is 16.5. The van der Waals surface area contributed by atoms with E-state index in [2.05, 4.69) is 29.2 Å². The number of phenols is 1. The fourth-order valence-electron chi connectivity index (χ4n) is 4.47. The third-order valence-electron chi connectivity index (χ3n) is 6.04. The third kappa shape index (κ3) is 5.43. The number of piperidine rings is 1. The second-order valence-corrected chi connectivity index (χ2v) is 8.16. The van der Waals surface area contributed by atoms with E-state index in [-0.39, 0.29) is 17.8 Å². The van der Waals surface area contributed by atoms with Gasteiger partial charge in [0, 0.05) is 25.1 Å². The molecule has 2 N–H and O–H groups in total. The Kier molecular flexibility index (Phi) is 7.40. The molecule has 1 atom stereocenters. The molecule has 0 bridgehead atoms. The highest BCUT2D eigenvalue weighted by Crippen LogP contribution is 2.39. The van der Waals surface area contributed by atoms with Gasteiger partial charge in [-0.25, -0.2) is 0 Å². The Bertz CT molecular complexity index is 755. The molecular weight excluding hydrogens is 366 g/mol. The fourth-order valence-corrected chi connectivity index (χ4v) is 4.47. The van der Waals surface area contributed by atoms with Gasteiger partial charge >= 0.3 is 0 Å². The molecule has 1 fully saturated rings. The zero-order valence-corrected chi connectivity index (χ0v) is 17.6. The standard InChI is InChI=1S/C24H33NO4/c1-28-21-14-20(15-22(29-2)23(21)27)16-25-13-7-12-24(17-25,18-26)11-6-10-19-8-4-3-5-9-19/h3-5,8-9,14-15,26-27H,6-7,10-13,16-18H2,1-2H3. The molecule has 0 aliphatic carbocycles. The first-order chi connectivity index (χ1) is 14.1. The van der Waals surface area contributed by atoms with Crippen molar-refractivity contribution < 1.29 is 19.7 Å². The van der Waals surface area contributed by atoms with Crippen molar-refractivity contribution in [1.82, 2.24) is 4.90 Å². The molecule has 0 radical (unpaired) electrons. The Hall–Kier alpha value is -2.24. The van der Waals surface area contributed by atoms with Crippen LogP contribution >= 0.6 is 0 Å². The molecule has 5 heteroatoms. The first kappa shape index (κ1) is 21.5. The van der Waals surface area contributed by atoms with E-state index < -0.39 is 0 Å². The Morgan fingerprint density at radius 2 is 1.72 bits per heavy atom. The minimum absolute atomic E-state index is 0.0306. The average molecular weight is 400 g/mol. The van der Waals surface area contributed by atoms with Crippen molar-refractivity contribution in [3.8, 4) is 17.2 Å². The lowest BCUT2D eigenvalue weighted by Crippen LogP contribution is -2.45. The normalized spacial score (nSPS) is 19.8. The lowest BCUT2D eigenvalue weighted by Gasteiger charge is -2.42. The van der Waals surface area contributed by atoms with Gasteiger partial charge in [0.15, 0.2) is 11.5 Å². The Balaban J connectivity index is 1.64. The Morgan fingerprint density at radius 1 is 1.03 bits per heavy atom. The lowest BCUT2D eigenvalue weighted by molar-refractivity contribution is 0.0207. The first-order valence-electron chi connectivity index (χ1n) is 10.4. The van der Waals surface area contributed by atoms with Crippen molar-refractivity contribution >= 4 is 0 Å². The van der Waals surface area contributed by atoms with Crippen LogP contribution < -0.4 is 9.47 Å². The molecule has 1 aliphatic rings. The Morgan fingerprint density at radius 3 is 2.34 bits per heavy atom. The second-order valence-electron chi connectivity index (χ2n) is 8.16. The van der Waals surface area contributed by atoms with Crippen molar-refractivity contribution in [2.75, 3.05) is 33.9 Å². The number of phenolic OH excluding ortho intramolecular Hbond substituents is 1. The van der Waals surface area contributed by atoms with Crippen molar-refractivity contribution in [3.05, 3.63) is 53.6 Å². The van der Waals surface area contributed by atoms with Gasteiger partial charge in [-0.1, -0.05) is 30.3 Å². The molecule has 3 rings (SSSR count). The van der Waals surface area contributed by atoms with E-state index >= 15 is 0 Å². The summed E-state index contributed by atoms with van der Waals surface area (Å²) in [6.07, 6.45) is 5.31. The SMILES string of the molecule is COc1cc(CN2CCCC(CO)(CCCc3ccccc3)C2)cc(OC)c1O. The number of aliphatic hydroxyl groups excluding tert-OH is 1. The number of aromatic hydroxyl groups is 1. The van der Waals surface area contributed by atoms with Gasteiger partial charge in [0.25, 0.3) is 0 Å². The molecule has 2 aromatic rings. The van der Waals surface area contributed by atoms with Gasteiger partial charge in [-0.05, 0) is 61.9 Å². The van der Waals surface area contributed by atoms with Crippen molar-refractivity contribution in [2.45, 2.75) is 38.6 Å². The van der Waals surface area contributed by atoms with Crippen LogP contribution in [0, 0.1) is 5.41 Å². The summed E-state index contributed by atoms with van der Waals surface area (Å²) < 4.78 is 10.6. The van der Waals surface area contributed by atoms with Crippen LogP contribution in [-0.2, 0) is 13.0 Å². The van der Waals surface area contributed by atoms with Crippen LogP contribution in [0.5, 0.6) is 17.2 Å². The van der Waals surface area contributed by atoms with Crippen LogP contribution in [0.2, 0.25) is 0 Å². The fraction of sp³-hybridized carbons (Fsp3) is 0.500. The summed E-state index contributed by atoms with van der Waals surface area (Å²) in [6, 6.07) is 14.3. The summed E-state index contributed by atoms with van der Waals surface area (Å²) in [4.78, 5) is 2.40. The zero-order chi connectivity index (χ0) is 20.7. The van der Waals surface area contributed by atoms with E-state index in [1.54, 1.807) is 14.2 Å². The molecule has 158 valence electrons. The maximum absolute atomic E-state index is 10.2. The average Bonchev–Trinajstić information content (AvgIpc) is 2.76. The first-order valence-corrected chi connectivity index (χ1v) is 10.4. The van der Waals surface area contributed by atoms with E-state index in [9.17, 15) is 10.2 Å². The van der Waals surface area contributed by atoms with Gasteiger partial charge in [0.2, 0.25) is 5.75 Å². The highest BCUT2D eigenvalue weighted by Gasteiger charge is 2.34. The van der Waals surface area contributed by atoms with E-state index in [4.69, 9.17) is 9.47 Å². The third-order valence-corrected chi connectivity index (χ3v) is 6.04. The summed E-state index contributed by atoms with van der Waals surface area (Å²) in [5.41, 5.74) is 2.35. The predicted octanol–water partition coefficient (Wildman–Crippen LogP) is 4.01. The number of methoxy groups -OCH3 is 2. The summed E-state index contributed by atoms with van der Waals surface area (Å²) in [6.45, 7) is 2.85. The summed E-state index contributed by atoms with van der Waals surface area (Å²) >= 11 is 0. The van der Waals surface area contributed by atoms with E-state index in [0.29, 0.717) is 11.5 Å². The largest absolute Gasteiger partial charge is 0.502 e. The molecule has 1 heterocycles.